The molecule has 1 aromatic carbocycles. The minimum absolute atomic E-state index is 0.170. The standard InChI is InChI=1S/C19H25N3O5/c1-2-14-27-19(25)20-10-5-6-11-21(26)12-7-13-22-17(23)15-8-3-4-9-16(15)18(22)24/h2-4,8-9,26H,1,5-7,10-14H2,(H,20,25). The maximum atomic E-state index is 12.2. The normalized spacial score (nSPS) is 13.0. The van der Waals surface area contributed by atoms with Crippen LogP contribution < -0.4 is 5.32 Å². The van der Waals surface area contributed by atoms with Crippen molar-refractivity contribution >= 4 is 17.9 Å². The topological polar surface area (TPSA) is 99.2 Å². The number of fused-ring (bicyclic) bond motifs is 1. The number of ether oxygens (including phenoxy) is 1. The Balaban J connectivity index is 1.58. The van der Waals surface area contributed by atoms with E-state index in [4.69, 9.17) is 4.74 Å². The number of alkyl carbamates (subject to hydrolysis) is 1. The molecule has 0 spiro atoms. The first kappa shape index (κ1) is 20.6. The van der Waals surface area contributed by atoms with Crippen LogP contribution in [0.25, 0.3) is 0 Å². The number of rotatable bonds is 11. The van der Waals surface area contributed by atoms with E-state index in [0.29, 0.717) is 50.0 Å². The Labute approximate surface area is 158 Å². The molecule has 0 saturated carbocycles. The highest BCUT2D eigenvalue weighted by molar-refractivity contribution is 6.21. The first-order valence-electron chi connectivity index (χ1n) is 8.95. The lowest BCUT2D eigenvalue weighted by atomic mass is 10.1. The van der Waals surface area contributed by atoms with Gasteiger partial charge in [-0.2, -0.15) is 5.06 Å². The molecular weight excluding hydrogens is 350 g/mol. The van der Waals surface area contributed by atoms with Crippen LogP contribution in [0, 0.1) is 0 Å². The highest BCUT2D eigenvalue weighted by atomic mass is 16.5. The van der Waals surface area contributed by atoms with Crippen molar-refractivity contribution in [1.82, 2.24) is 15.3 Å². The van der Waals surface area contributed by atoms with Crippen LogP contribution in [0.3, 0.4) is 0 Å². The molecule has 2 rings (SSSR count). The van der Waals surface area contributed by atoms with E-state index in [1.54, 1.807) is 24.3 Å². The summed E-state index contributed by atoms with van der Waals surface area (Å²) < 4.78 is 4.77. The molecule has 0 aliphatic carbocycles. The summed E-state index contributed by atoms with van der Waals surface area (Å²) in [6.45, 7) is 5.13. The third-order valence-electron chi connectivity index (χ3n) is 4.12. The number of hydrogen-bond donors (Lipinski definition) is 2. The second kappa shape index (κ2) is 10.4. The fourth-order valence-electron chi connectivity index (χ4n) is 2.76. The fraction of sp³-hybridized carbons (Fsp3) is 0.421. The molecule has 1 aliphatic rings. The summed E-state index contributed by atoms with van der Waals surface area (Å²) in [5.74, 6) is -0.566. The Hall–Kier alpha value is -2.71. The zero-order chi connectivity index (χ0) is 19.6. The van der Waals surface area contributed by atoms with Gasteiger partial charge in [0.25, 0.3) is 11.8 Å². The average Bonchev–Trinajstić information content (AvgIpc) is 2.91. The van der Waals surface area contributed by atoms with Crippen LogP contribution in [-0.4, -0.2) is 65.9 Å². The van der Waals surface area contributed by atoms with Gasteiger partial charge in [0.15, 0.2) is 0 Å². The molecular formula is C19H25N3O5. The molecule has 0 atom stereocenters. The van der Waals surface area contributed by atoms with Crippen LogP contribution in [0.2, 0.25) is 0 Å². The molecule has 1 aliphatic heterocycles. The van der Waals surface area contributed by atoms with Gasteiger partial charge >= 0.3 is 6.09 Å². The Morgan fingerprint density at radius 1 is 1.15 bits per heavy atom. The second-order valence-electron chi connectivity index (χ2n) is 6.14. The van der Waals surface area contributed by atoms with Crippen molar-refractivity contribution in [3.05, 3.63) is 48.0 Å². The van der Waals surface area contributed by atoms with E-state index >= 15 is 0 Å². The number of unbranched alkanes of at least 4 members (excludes halogenated alkanes) is 1. The van der Waals surface area contributed by atoms with Gasteiger partial charge in [0, 0.05) is 26.2 Å². The molecule has 0 aromatic heterocycles. The summed E-state index contributed by atoms with van der Waals surface area (Å²) in [7, 11) is 0. The number of carbonyl (C=O) groups excluding carboxylic acids is 3. The summed E-state index contributed by atoms with van der Waals surface area (Å²) in [4.78, 5) is 36.9. The summed E-state index contributed by atoms with van der Waals surface area (Å²) in [6, 6.07) is 6.76. The summed E-state index contributed by atoms with van der Waals surface area (Å²) >= 11 is 0. The number of hydrogen-bond acceptors (Lipinski definition) is 6. The van der Waals surface area contributed by atoms with E-state index in [9.17, 15) is 19.6 Å². The maximum absolute atomic E-state index is 12.2. The summed E-state index contributed by atoms with van der Waals surface area (Å²) in [6.07, 6.45) is 2.86. The van der Waals surface area contributed by atoms with Crippen LogP contribution in [0.15, 0.2) is 36.9 Å². The van der Waals surface area contributed by atoms with Gasteiger partial charge in [-0.15, -0.1) is 0 Å². The van der Waals surface area contributed by atoms with Crippen LogP contribution in [0.5, 0.6) is 0 Å². The molecule has 8 heteroatoms. The molecule has 0 unspecified atom stereocenters. The summed E-state index contributed by atoms with van der Waals surface area (Å²) in [5.41, 5.74) is 0.866. The monoisotopic (exact) mass is 375 g/mol. The van der Waals surface area contributed by atoms with Crippen molar-refractivity contribution in [2.75, 3.05) is 32.8 Å². The molecule has 1 heterocycles. The van der Waals surface area contributed by atoms with E-state index in [-0.39, 0.29) is 25.0 Å². The molecule has 0 saturated heterocycles. The first-order chi connectivity index (χ1) is 13.0. The molecule has 0 radical (unpaired) electrons. The Morgan fingerprint density at radius 3 is 2.41 bits per heavy atom. The van der Waals surface area contributed by atoms with Crippen molar-refractivity contribution in [3.8, 4) is 0 Å². The molecule has 0 bridgehead atoms. The van der Waals surface area contributed by atoms with Crippen molar-refractivity contribution in [2.24, 2.45) is 0 Å². The number of nitrogens with zero attached hydrogens (tertiary/aromatic N) is 2. The van der Waals surface area contributed by atoms with Crippen molar-refractivity contribution in [1.29, 1.82) is 0 Å². The van der Waals surface area contributed by atoms with Gasteiger partial charge in [-0.05, 0) is 31.4 Å². The SMILES string of the molecule is C=CCOC(=O)NCCCCN(O)CCCN1C(=O)c2ccccc2C1=O. The molecule has 146 valence electrons. The van der Waals surface area contributed by atoms with Crippen molar-refractivity contribution in [3.63, 3.8) is 0 Å². The smallest absolute Gasteiger partial charge is 0.407 e. The van der Waals surface area contributed by atoms with E-state index in [0.717, 1.165) is 5.06 Å². The van der Waals surface area contributed by atoms with Gasteiger partial charge in [0.2, 0.25) is 0 Å². The van der Waals surface area contributed by atoms with Gasteiger partial charge in [0.1, 0.15) is 6.61 Å². The highest BCUT2D eigenvalue weighted by Crippen LogP contribution is 2.22. The Bertz CT molecular complexity index is 657. The third kappa shape index (κ3) is 5.90. The van der Waals surface area contributed by atoms with E-state index in [2.05, 4.69) is 11.9 Å². The number of amides is 3. The van der Waals surface area contributed by atoms with Crippen molar-refractivity contribution < 1.29 is 24.3 Å². The minimum atomic E-state index is -0.489. The van der Waals surface area contributed by atoms with Crippen molar-refractivity contribution in [2.45, 2.75) is 19.3 Å². The van der Waals surface area contributed by atoms with Crippen LogP contribution >= 0.6 is 0 Å². The number of hydroxylamine groups is 2. The predicted molar refractivity (Wildman–Crippen MR) is 98.6 cm³/mol. The quantitative estimate of drug-likeness (QED) is 0.266. The number of benzene rings is 1. The average molecular weight is 375 g/mol. The van der Waals surface area contributed by atoms with Gasteiger partial charge < -0.3 is 15.3 Å². The van der Waals surface area contributed by atoms with E-state index < -0.39 is 6.09 Å². The highest BCUT2D eigenvalue weighted by Gasteiger charge is 2.34. The maximum Gasteiger partial charge on any atom is 0.407 e. The van der Waals surface area contributed by atoms with Gasteiger partial charge in [-0.25, -0.2) is 4.79 Å². The van der Waals surface area contributed by atoms with Gasteiger partial charge in [-0.1, -0.05) is 24.8 Å². The lowest BCUT2D eigenvalue weighted by Gasteiger charge is -2.17. The molecule has 1 aromatic rings. The number of nitrogens with one attached hydrogen (secondary N) is 1. The Morgan fingerprint density at radius 2 is 1.78 bits per heavy atom. The largest absolute Gasteiger partial charge is 0.445 e. The summed E-state index contributed by atoms with van der Waals surface area (Å²) in [5, 5.41) is 13.6. The molecule has 3 amide bonds. The Kier molecular flexibility index (Phi) is 7.97. The number of carbonyl (C=O) groups is 3. The van der Waals surface area contributed by atoms with Crippen LogP contribution in [-0.2, 0) is 4.74 Å². The molecule has 0 fully saturated rings. The minimum Gasteiger partial charge on any atom is -0.445 e. The fourth-order valence-corrected chi connectivity index (χ4v) is 2.76. The molecule has 8 nitrogen and oxygen atoms in total. The lowest BCUT2D eigenvalue weighted by molar-refractivity contribution is -0.0925. The molecule has 27 heavy (non-hydrogen) atoms. The van der Waals surface area contributed by atoms with Gasteiger partial charge in [0.05, 0.1) is 11.1 Å². The zero-order valence-electron chi connectivity index (χ0n) is 15.2. The van der Waals surface area contributed by atoms with Gasteiger partial charge in [-0.3, -0.25) is 14.5 Å². The lowest BCUT2D eigenvalue weighted by Crippen LogP contribution is -2.33. The third-order valence-corrected chi connectivity index (χ3v) is 4.12. The van der Waals surface area contributed by atoms with E-state index in [1.165, 1.54) is 11.0 Å². The molecule has 2 N–H and O–H groups in total. The first-order valence-corrected chi connectivity index (χ1v) is 8.95. The zero-order valence-corrected chi connectivity index (χ0v) is 15.2. The predicted octanol–water partition coefficient (Wildman–Crippen LogP) is 2.06. The second-order valence-corrected chi connectivity index (χ2v) is 6.14. The van der Waals surface area contributed by atoms with E-state index in [1.807, 2.05) is 0 Å². The van der Waals surface area contributed by atoms with Crippen LogP contribution in [0.4, 0.5) is 4.79 Å². The van der Waals surface area contributed by atoms with Crippen LogP contribution in [0.1, 0.15) is 40.0 Å². The number of imide groups is 1.